The van der Waals surface area contributed by atoms with Gasteiger partial charge in [0.25, 0.3) is 11.4 Å². The van der Waals surface area contributed by atoms with Crippen molar-refractivity contribution < 1.29 is 23.8 Å². The third kappa shape index (κ3) is 2.80. The van der Waals surface area contributed by atoms with E-state index in [1.165, 1.54) is 0 Å². The van der Waals surface area contributed by atoms with E-state index < -0.39 is 20.0 Å². The molecule has 0 bridgehead atoms. The number of allylic oxidation sites excluding steroid dienone is 2. The van der Waals surface area contributed by atoms with E-state index in [-0.39, 0.29) is 0 Å². The van der Waals surface area contributed by atoms with Gasteiger partial charge in [0.2, 0.25) is 0 Å². The van der Waals surface area contributed by atoms with Crippen molar-refractivity contribution in [3.8, 4) is 0 Å². The maximum Gasteiger partial charge on any atom is 0.351 e. The van der Waals surface area contributed by atoms with Gasteiger partial charge in [-0.3, -0.25) is 4.57 Å². The van der Waals surface area contributed by atoms with E-state index in [0.29, 0.717) is 17.0 Å². The van der Waals surface area contributed by atoms with Crippen LogP contribution in [0.5, 0.6) is 0 Å². The lowest BCUT2D eigenvalue weighted by Crippen LogP contribution is -2.23. The second kappa shape index (κ2) is 5.16. The predicted octanol–water partition coefficient (Wildman–Crippen LogP) is 2.47. The van der Waals surface area contributed by atoms with Gasteiger partial charge >= 0.3 is 7.60 Å². The van der Waals surface area contributed by atoms with Gasteiger partial charge in [0.05, 0.1) is 15.9 Å². The molecule has 0 saturated heterocycles. The molecular formula is C14H13NO5P+. The van der Waals surface area contributed by atoms with Crippen LogP contribution in [-0.2, 0) is 9.30 Å². The molecule has 1 unspecified atom stereocenters. The molecule has 7 heteroatoms. The molecule has 0 radical (unpaired) electrons. The highest BCUT2D eigenvalue weighted by molar-refractivity contribution is 7.51. The molecule has 1 aliphatic heterocycles. The fourth-order valence-electron chi connectivity index (χ4n) is 2.35. The first-order valence-corrected chi connectivity index (χ1v) is 8.08. The summed E-state index contributed by atoms with van der Waals surface area (Å²) in [4.78, 5) is 30.2. The molecule has 1 aromatic carbocycles. The monoisotopic (exact) mass is 306 g/mol. The summed E-state index contributed by atoms with van der Waals surface area (Å²) >= 11 is 0. The Morgan fingerprint density at radius 1 is 1.29 bits per heavy atom. The van der Waals surface area contributed by atoms with Gasteiger partial charge in [-0.05, 0) is 12.1 Å². The summed E-state index contributed by atoms with van der Waals surface area (Å²) < 4.78 is 17.0. The smallest absolute Gasteiger partial charge is 0.351 e. The molecule has 1 aliphatic carbocycles. The van der Waals surface area contributed by atoms with Crippen LogP contribution in [0.25, 0.3) is 6.08 Å². The highest BCUT2D eigenvalue weighted by Gasteiger charge is 2.37. The summed E-state index contributed by atoms with van der Waals surface area (Å²) in [6, 6.07) is 7.13. The van der Waals surface area contributed by atoms with Gasteiger partial charge in [0.15, 0.2) is 0 Å². The van der Waals surface area contributed by atoms with E-state index in [2.05, 4.69) is 0 Å². The first kappa shape index (κ1) is 14.1. The molecule has 3 rings (SSSR count). The Bertz CT molecular complexity index is 743. The number of nitrogens with zero attached hydrogens (tertiary/aromatic N) is 1. The Hall–Kier alpha value is -1.85. The number of nitroso groups, excluding NO2 is 1. The maximum absolute atomic E-state index is 12.4. The van der Waals surface area contributed by atoms with Crippen molar-refractivity contribution >= 4 is 19.4 Å². The molecule has 108 valence electrons. The molecule has 21 heavy (non-hydrogen) atoms. The van der Waals surface area contributed by atoms with Gasteiger partial charge in [-0.2, -0.15) is 0 Å². The van der Waals surface area contributed by atoms with Crippen LogP contribution in [0.15, 0.2) is 53.8 Å². The number of benzene rings is 1. The SMILES string of the molecule is O=[N+]1C2=CC=CC(OCP(=O)(O)O)C2=Cc2ccccc21. The zero-order valence-electron chi connectivity index (χ0n) is 10.9. The largest absolute Gasteiger partial charge is 0.357 e. The van der Waals surface area contributed by atoms with E-state index in [1.807, 2.05) is 18.2 Å². The van der Waals surface area contributed by atoms with Gasteiger partial charge in [-0.15, -0.1) is 0 Å². The molecule has 0 amide bonds. The average Bonchev–Trinajstić information content (AvgIpc) is 2.45. The summed E-state index contributed by atoms with van der Waals surface area (Å²) in [5.74, 6) is 0. The Morgan fingerprint density at radius 2 is 2.05 bits per heavy atom. The van der Waals surface area contributed by atoms with Crippen molar-refractivity contribution in [3.63, 3.8) is 0 Å². The van der Waals surface area contributed by atoms with Gasteiger partial charge in [-0.25, -0.2) is 0 Å². The van der Waals surface area contributed by atoms with E-state index in [4.69, 9.17) is 14.5 Å². The topological polar surface area (TPSA) is 86.8 Å². The fraction of sp³-hybridized carbons (Fsp3) is 0.143. The number of hydrogen-bond donors (Lipinski definition) is 2. The number of fused-ring (bicyclic) bond motifs is 2. The van der Waals surface area contributed by atoms with Crippen LogP contribution in [0.4, 0.5) is 5.69 Å². The van der Waals surface area contributed by atoms with Crippen LogP contribution in [0.1, 0.15) is 5.56 Å². The lowest BCUT2D eigenvalue weighted by atomic mass is 9.94. The summed E-state index contributed by atoms with van der Waals surface area (Å²) in [5.41, 5.74) is 2.31. The van der Waals surface area contributed by atoms with Gasteiger partial charge in [0, 0.05) is 17.0 Å². The predicted molar refractivity (Wildman–Crippen MR) is 76.7 cm³/mol. The Balaban J connectivity index is 1.97. The number of rotatable bonds is 3. The molecule has 2 N–H and O–H groups in total. The van der Waals surface area contributed by atoms with Crippen molar-refractivity contribution in [2.24, 2.45) is 0 Å². The first-order chi connectivity index (χ1) is 9.96. The van der Waals surface area contributed by atoms with Crippen LogP contribution in [-0.4, -0.2) is 27.0 Å². The van der Waals surface area contributed by atoms with Gasteiger partial charge < -0.3 is 14.5 Å². The second-order valence-electron chi connectivity index (χ2n) is 4.77. The molecule has 1 atom stereocenters. The molecule has 1 heterocycles. The molecule has 1 aromatic rings. The third-order valence-corrected chi connectivity index (χ3v) is 3.74. The molecule has 6 nitrogen and oxygen atoms in total. The van der Waals surface area contributed by atoms with E-state index >= 15 is 0 Å². The lowest BCUT2D eigenvalue weighted by molar-refractivity contribution is -0.405. The van der Waals surface area contributed by atoms with Crippen molar-refractivity contribution in [1.29, 1.82) is 0 Å². The lowest BCUT2D eigenvalue weighted by Gasteiger charge is -2.21. The molecule has 0 aromatic heterocycles. The zero-order valence-corrected chi connectivity index (χ0v) is 11.8. The summed E-state index contributed by atoms with van der Waals surface area (Å²) in [6.07, 6.45) is 5.44. The van der Waals surface area contributed by atoms with Crippen molar-refractivity contribution in [2.75, 3.05) is 6.35 Å². The number of para-hydroxylation sites is 1. The van der Waals surface area contributed by atoms with E-state index in [1.54, 1.807) is 30.4 Å². The van der Waals surface area contributed by atoms with Crippen LogP contribution < -0.4 is 0 Å². The summed E-state index contributed by atoms with van der Waals surface area (Å²) in [6.45, 7) is 0. The summed E-state index contributed by atoms with van der Waals surface area (Å²) in [5, 5.41) is 0. The number of hydrogen-bond acceptors (Lipinski definition) is 3. The van der Waals surface area contributed by atoms with Crippen LogP contribution in [0.2, 0.25) is 0 Å². The van der Waals surface area contributed by atoms with Gasteiger partial charge in [0.1, 0.15) is 12.5 Å². The highest BCUT2D eigenvalue weighted by atomic mass is 31.2. The van der Waals surface area contributed by atoms with Crippen LogP contribution >= 0.6 is 7.60 Å². The Labute approximate surface area is 120 Å². The highest BCUT2D eigenvalue weighted by Crippen LogP contribution is 2.39. The Morgan fingerprint density at radius 3 is 2.81 bits per heavy atom. The normalized spacial score (nSPS) is 20.5. The maximum atomic E-state index is 12.4. The zero-order chi connectivity index (χ0) is 15.0. The van der Waals surface area contributed by atoms with Gasteiger partial charge in [-0.1, -0.05) is 24.3 Å². The van der Waals surface area contributed by atoms with Crippen molar-refractivity contribution in [1.82, 2.24) is 0 Å². The third-order valence-electron chi connectivity index (χ3n) is 3.25. The quantitative estimate of drug-likeness (QED) is 0.661. The fourth-order valence-corrected chi connectivity index (χ4v) is 2.70. The Kier molecular flexibility index (Phi) is 3.47. The van der Waals surface area contributed by atoms with Crippen LogP contribution in [0.3, 0.4) is 0 Å². The standard InChI is InChI=1S/C14H12NO5P/c16-15-12-5-2-1-4-10(12)8-11-13(15)6-3-7-14(11)20-9-21(17,18)19/h1-8,14H,9H2,(H-,17,18,19)/p+1. The molecule has 0 fully saturated rings. The number of ether oxygens (including phenoxy) is 1. The molecular weight excluding hydrogens is 293 g/mol. The minimum Gasteiger partial charge on any atom is -0.357 e. The van der Waals surface area contributed by atoms with Crippen molar-refractivity contribution in [3.05, 3.63) is 64.2 Å². The minimum absolute atomic E-state index is 0.423. The van der Waals surface area contributed by atoms with E-state index in [0.717, 1.165) is 10.3 Å². The second-order valence-corrected chi connectivity index (χ2v) is 6.36. The average molecular weight is 306 g/mol. The summed E-state index contributed by atoms with van der Waals surface area (Å²) in [7, 11) is -4.26. The molecule has 0 spiro atoms. The van der Waals surface area contributed by atoms with Crippen LogP contribution in [0, 0.1) is 4.91 Å². The van der Waals surface area contributed by atoms with Crippen molar-refractivity contribution in [2.45, 2.75) is 6.10 Å². The van der Waals surface area contributed by atoms with E-state index in [9.17, 15) is 9.47 Å². The minimum atomic E-state index is -4.26. The first-order valence-electron chi connectivity index (χ1n) is 6.29. The molecule has 2 aliphatic rings. The molecule has 0 saturated carbocycles.